The van der Waals surface area contributed by atoms with Gasteiger partial charge in [-0.05, 0) is 23.8 Å². The second-order valence-electron chi connectivity index (χ2n) is 3.10. The lowest BCUT2D eigenvalue weighted by Crippen LogP contribution is -1.71. The van der Waals surface area contributed by atoms with Gasteiger partial charge in [-0.3, -0.25) is 0 Å². The van der Waals surface area contributed by atoms with E-state index in [9.17, 15) is 0 Å². The van der Waals surface area contributed by atoms with Gasteiger partial charge in [-0.15, -0.1) is 0 Å². The largest absolute Gasteiger partial charge is 0.192 e. The first-order valence-electron chi connectivity index (χ1n) is 4.87. The van der Waals surface area contributed by atoms with Gasteiger partial charge >= 0.3 is 0 Å². The molecule has 2 nitrogen and oxygen atoms in total. The molecule has 3 heteroatoms. The van der Waals surface area contributed by atoms with Crippen LogP contribution in [0.4, 0.5) is 0 Å². The molecular formula is C14H9ClN2. The third-order valence-electron chi connectivity index (χ3n) is 1.88. The molecule has 0 saturated heterocycles. The van der Waals surface area contributed by atoms with Gasteiger partial charge in [-0.2, -0.15) is 10.5 Å². The van der Waals surface area contributed by atoms with Crippen molar-refractivity contribution in [2.45, 2.75) is 0 Å². The predicted molar refractivity (Wildman–Crippen MR) is 68.7 cm³/mol. The molecule has 1 rings (SSSR count). The number of allylic oxidation sites excluding steroid dienone is 5. The van der Waals surface area contributed by atoms with Gasteiger partial charge in [0.2, 0.25) is 0 Å². The average molecular weight is 241 g/mol. The number of nitrogens with zero attached hydrogens (tertiary/aromatic N) is 2. The summed E-state index contributed by atoms with van der Waals surface area (Å²) in [5, 5.41) is 17.5. The Kier molecular flexibility index (Phi) is 5.31. The minimum atomic E-state index is 0.0243. The van der Waals surface area contributed by atoms with Gasteiger partial charge in [0.25, 0.3) is 0 Å². The first kappa shape index (κ1) is 12.8. The maximum atomic E-state index is 8.52. The van der Waals surface area contributed by atoms with Crippen molar-refractivity contribution in [1.82, 2.24) is 0 Å². The van der Waals surface area contributed by atoms with Crippen LogP contribution in [0.3, 0.4) is 0 Å². The SMILES string of the molecule is N#CC(C#N)=CC=C(Cl)C=Cc1ccccc1. The second-order valence-corrected chi connectivity index (χ2v) is 3.54. The zero-order valence-corrected chi connectivity index (χ0v) is 9.72. The number of benzene rings is 1. The maximum absolute atomic E-state index is 8.52. The molecule has 0 saturated carbocycles. The predicted octanol–water partition coefficient (Wildman–Crippen LogP) is 3.80. The molecule has 1 aromatic rings. The standard InChI is InChI=1S/C14H9ClN2/c15-14(9-7-13(10-16)11-17)8-6-12-4-2-1-3-5-12/h1-9H. The number of hydrogen-bond acceptors (Lipinski definition) is 2. The number of halogens is 1. The molecule has 17 heavy (non-hydrogen) atoms. The fourth-order valence-corrected chi connectivity index (χ4v) is 1.18. The monoisotopic (exact) mass is 240 g/mol. The molecule has 0 aliphatic carbocycles. The van der Waals surface area contributed by atoms with Gasteiger partial charge in [0.05, 0.1) is 0 Å². The Bertz CT molecular complexity index is 524. The van der Waals surface area contributed by atoms with Crippen LogP contribution in [0.2, 0.25) is 0 Å². The molecule has 0 radical (unpaired) electrons. The first-order valence-corrected chi connectivity index (χ1v) is 5.25. The van der Waals surface area contributed by atoms with Crippen molar-refractivity contribution in [3.63, 3.8) is 0 Å². The summed E-state index contributed by atoms with van der Waals surface area (Å²) < 4.78 is 0. The van der Waals surface area contributed by atoms with Gasteiger partial charge in [0.1, 0.15) is 17.7 Å². The van der Waals surface area contributed by atoms with Crippen molar-refractivity contribution < 1.29 is 0 Å². The highest BCUT2D eigenvalue weighted by atomic mass is 35.5. The van der Waals surface area contributed by atoms with Gasteiger partial charge in [0.15, 0.2) is 0 Å². The van der Waals surface area contributed by atoms with Crippen LogP contribution in [0.15, 0.2) is 59.2 Å². The van der Waals surface area contributed by atoms with E-state index in [-0.39, 0.29) is 5.57 Å². The highest BCUT2D eigenvalue weighted by Crippen LogP contribution is 2.09. The maximum Gasteiger partial charge on any atom is 0.129 e. The summed E-state index contributed by atoms with van der Waals surface area (Å²) in [7, 11) is 0. The zero-order chi connectivity index (χ0) is 12.5. The summed E-state index contributed by atoms with van der Waals surface area (Å²) in [6.45, 7) is 0. The fraction of sp³-hybridized carbons (Fsp3) is 0. The summed E-state index contributed by atoms with van der Waals surface area (Å²) >= 11 is 5.90. The molecule has 0 fully saturated rings. The van der Waals surface area contributed by atoms with E-state index >= 15 is 0 Å². The number of nitriles is 2. The Morgan fingerprint density at radius 3 is 2.29 bits per heavy atom. The molecule has 0 aliphatic heterocycles. The first-order chi connectivity index (χ1) is 8.26. The molecule has 0 amide bonds. The van der Waals surface area contributed by atoms with Crippen molar-refractivity contribution in [2.24, 2.45) is 0 Å². The summed E-state index contributed by atoms with van der Waals surface area (Å²) in [4.78, 5) is 0. The van der Waals surface area contributed by atoms with Crippen molar-refractivity contribution in [3.05, 3.63) is 64.7 Å². The molecule has 0 bridgehead atoms. The average Bonchev–Trinajstić information content (AvgIpc) is 2.39. The number of hydrogen-bond donors (Lipinski definition) is 0. The van der Waals surface area contributed by atoms with Crippen LogP contribution in [0.25, 0.3) is 6.08 Å². The van der Waals surface area contributed by atoms with E-state index in [4.69, 9.17) is 22.1 Å². The highest BCUT2D eigenvalue weighted by Gasteiger charge is 1.89. The van der Waals surface area contributed by atoms with Crippen LogP contribution in [0, 0.1) is 22.7 Å². The molecule has 82 valence electrons. The van der Waals surface area contributed by atoms with Crippen LogP contribution in [0.1, 0.15) is 5.56 Å². The second kappa shape index (κ2) is 7.06. The lowest BCUT2D eigenvalue weighted by Gasteiger charge is -1.90. The van der Waals surface area contributed by atoms with Crippen LogP contribution in [-0.2, 0) is 0 Å². The Morgan fingerprint density at radius 2 is 1.71 bits per heavy atom. The van der Waals surface area contributed by atoms with E-state index in [1.165, 1.54) is 12.2 Å². The topological polar surface area (TPSA) is 47.6 Å². The van der Waals surface area contributed by atoms with E-state index in [1.807, 2.05) is 36.4 Å². The minimum absolute atomic E-state index is 0.0243. The third kappa shape index (κ3) is 4.84. The highest BCUT2D eigenvalue weighted by molar-refractivity contribution is 6.31. The Hall–Kier alpha value is -2.29. The molecule has 0 spiro atoms. The third-order valence-corrected chi connectivity index (χ3v) is 2.14. The molecule has 0 N–H and O–H groups in total. The van der Waals surface area contributed by atoms with Crippen LogP contribution >= 0.6 is 11.6 Å². The van der Waals surface area contributed by atoms with Crippen molar-refractivity contribution in [3.8, 4) is 12.1 Å². The van der Waals surface area contributed by atoms with Gasteiger partial charge < -0.3 is 0 Å². The van der Waals surface area contributed by atoms with Gasteiger partial charge in [-0.25, -0.2) is 0 Å². The van der Waals surface area contributed by atoms with Crippen LogP contribution in [0.5, 0.6) is 0 Å². The molecular weight excluding hydrogens is 232 g/mol. The normalized spacial score (nSPS) is 10.6. The molecule has 0 heterocycles. The van der Waals surface area contributed by atoms with E-state index < -0.39 is 0 Å². The van der Waals surface area contributed by atoms with Crippen LogP contribution in [-0.4, -0.2) is 0 Å². The lowest BCUT2D eigenvalue weighted by molar-refractivity contribution is 1.46. The lowest BCUT2D eigenvalue weighted by atomic mass is 10.2. The molecule has 0 atom stereocenters. The summed E-state index contributed by atoms with van der Waals surface area (Å²) in [5.41, 5.74) is 1.06. The van der Waals surface area contributed by atoms with Crippen molar-refractivity contribution in [1.29, 1.82) is 10.5 Å². The van der Waals surface area contributed by atoms with Crippen LogP contribution < -0.4 is 0 Å². The smallest absolute Gasteiger partial charge is 0.129 e. The van der Waals surface area contributed by atoms with Crippen molar-refractivity contribution >= 4 is 17.7 Å². The van der Waals surface area contributed by atoms with Gasteiger partial charge in [-0.1, -0.05) is 48.0 Å². The summed E-state index contributed by atoms with van der Waals surface area (Å²) in [6.07, 6.45) is 6.46. The molecule has 1 aromatic carbocycles. The van der Waals surface area contributed by atoms with E-state index in [1.54, 1.807) is 18.2 Å². The Labute approximate surface area is 105 Å². The Morgan fingerprint density at radius 1 is 1.06 bits per heavy atom. The fourth-order valence-electron chi connectivity index (χ4n) is 1.06. The molecule has 0 aliphatic rings. The van der Waals surface area contributed by atoms with Crippen molar-refractivity contribution in [2.75, 3.05) is 0 Å². The molecule has 0 unspecified atom stereocenters. The minimum Gasteiger partial charge on any atom is -0.192 e. The summed E-state index contributed by atoms with van der Waals surface area (Å²) in [5.74, 6) is 0. The van der Waals surface area contributed by atoms with E-state index in [0.717, 1.165) is 5.56 Å². The van der Waals surface area contributed by atoms with E-state index in [0.29, 0.717) is 5.03 Å². The molecule has 0 aromatic heterocycles. The van der Waals surface area contributed by atoms with Gasteiger partial charge in [0, 0.05) is 5.03 Å². The Balaban J connectivity index is 2.74. The quantitative estimate of drug-likeness (QED) is 0.596. The zero-order valence-electron chi connectivity index (χ0n) is 8.97. The number of rotatable bonds is 3. The van der Waals surface area contributed by atoms with E-state index in [2.05, 4.69) is 0 Å². The summed E-state index contributed by atoms with van der Waals surface area (Å²) in [6, 6.07) is 13.2.